The fourth-order valence-corrected chi connectivity index (χ4v) is 3.50. The van der Waals surface area contributed by atoms with Crippen molar-refractivity contribution in [1.29, 1.82) is 0 Å². The number of aromatic nitrogens is 3. The lowest BCUT2D eigenvalue weighted by atomic mass is 10.1. The summed E-state index contributed by atoms with van der Waals surface area (Å²) < 4.78 is 25.6. The van der Waals surface area contributed by atoms with Crippen LogP contribution >= 0.6 is 0 Å². The van der Waals surface area contributed by atoms with Gasteiger partial charge in [-0.3, -0.25) is 9.78 Å². The zero-order chi connectivity index (χ0) is 22.3. The Morgan fingerprint density at radius 1 is 1.16 bits per heavy atom. The van der Waals surface area contributed by atoms with Gasteiger partial charge < -0.3 is 19.7 Å². The molecule has 0 aliphatic carbocycles. The van der Waals surface area contributed by atoms with E-state index in [1.165, 1.54) is 6.07 Å². The summed E-state index contributed by atoms with van der Waals surface area (Å²) in [6, 6.07) is 10.3. The molecule has 0 saturated carbocycles. The minimum absolute atomic E-state index is 0.0459. The molecule has 3 aromatic heterocycles. The van der Waals surface area contributed by atoms with Crippen LogP contribution in [0.5, 0.6) is 11.6 Å². The molecule has 1 N–H and O–H groups in total. The summed E-state index contributed by atoms with van der Waals surface area (Å²) in [5.74, 6) is 0.457. The predicted octanol–water partition coefficient (Wildman–Crippen LogP) is 3.00. The highest BCUT2D eigenvalue weighted by atomic mass is 19.1. The fraction of sp³-hybridized carbons (Fsp3) is 0.304. The first-order valence-corrected chi connectivity index (χ1v) is 10.4. The van der Waals surface area contributed by atoms with Crippen LogP contribution in [0.3, 0.4) is 0 Å². The number of pyridine rings is 3. The molecule has 1 fully saturated rings. The number of piperidine rings is 1. The molecule has 0 radical (unpaired) electrons. The molecule has 1 aliphatic heterocycles. The van der Waals surface area contributed by atoms with E-state index in [1.807, 2.05) is 11.0 Å². The van der Waals surface area contributed by atoms with Crippen LogP contribution in [0.25, 0.3) is 0 Å². The Hall–Kier alpha value is -3.75. The Bertz CT molecular complexity index is 1040. The Morgan fingerprint density at radius 2 is 1.94 bits per heavy atom. The van der Waals surface area contributed by atoms with Gasteiger partial charge in [-0.2, -0.15) is 4.39 Å². The van der Waals surface area contributed by atoms with Crippen LogP contribution in [0, 0.1) is 5.95 Å². The number of hydrogen-bond donors (Lipinski definition) is 1. The lowest BCUT2D eigenvalue weighted by Gasteiger charge is -2.33. The van der Waals surface area contributed by atoms with Crippen molar-refractivity contribution in [3.63, 3.8) is 0 Å². The van der Waals surface area contributed by atoms with Gasteiger partial charge in [-0.05, 0) is 35.9 Å². The van der Waals surface area contributed by atoms with Gasteiger partial charge in [0.05, 0.1) is 18.9 Å². The number of hydrogen-bond acceptors (Lipinski definition) is 7. The number of halogens is 1. The zero-order valence-corrected chi connectivity index (χ0v) is 17.7. The third-order valence-corrected chi connectivity index (χ3v) is 5.27. The Balaban J connectivity index is 1.30. The molecule has 4 heterocycles. The third kappa shape index (κ3) is 5.29. The number of amides is 1. The number of rotatable bonds is 7. The normalized spacial score (nSPS) is 14.1. The molecular weight excluding hydrogens is 413 g/mol. The highest BCUT2D eigenvalue weighted by molar-refractivity contribution is 5.94. The zero-order valence-electron chi connectivity index (χ0n) is 17.7. The first kappa shape index (κ1) is 21.5. The average molecular weight is 437 g/mol. The van der Waals surface area contributed by atoms with Crippen LogP contribution in [0.2, 0.25) is 0 Å². The van der Waals surface area contributed by atoms with E-state index in [0.717, 1.165) is 18.4 Å². The van der Waals surface area contributed by atoms with E-state index in [1.54, 1.807) is 50.0 Å². The first-order chi connectivity index (χ1) is 15.6. The number of anilines is 1. The Kier molecular flexibility index (Phi) is 6.74. The molecule has 4 rings (SSSR count). The summed E-state index contributed by atoms with van der Waals surface area (Å²) >= 11 is 0. The molecule has 1 amide bonds. The molecule has 32 heavy (non-hydrogen) atoms. The number of carbonyl (C=O) groups is 1. The number of ether oxygens (including phenoxy) is 2. The number of methoxy groups -OCH3 is 1. The summed E-state index contributed by atoms with van der Waals surface area (Å²) in [6.07, 6.45) is 6.50. The average Bonchev–Trinajstić information content (AvgIpc) is 2.84. The van der Waals surface area contributed by atoms with Gasteiger partial charge in [-0.25, -0.2) is 9.97 Å². The molecule has 0 atom stereocenters. The molecule has 9 heteroatoms. The quantitative estimate of drug-likeness (QED) is 0.569. The van der Waals surface area contributed by atoms with Gasteiger partial charge in [0.2, 0.25) is 11.8 Å². The van der Waals surface area contributed by atoms with Crippen molar-refractivity contribution in [2.45, 2.75) is 25.5 Å². The van der Waals surface area contributed by atoms with Crippen molar-refractivity contribution in [2.75, 3.05) is 25.1 Å². The largest absolute Gasteiger partial charge is 0.489 e. The monoisotopic (exact) mass is 437 g/mol. The van der Waals surface area contributed by atoms with Gasteiger partial charge in [0, 0.05) is 50.9 Å². The molecular formula is C23H24FN5O3. The van der Waals surface area contributed by atoms with Gasteiger partial charge in [-0.15, -0.1) is 0 Å². The smallest absolute Gasteiger partial charge is 0.256 e. The summed E-state index contributed by atoms with van der Waals surface area (Å²) in [7, 11) is 1.57. The van der Waals surface area contributed by atoms with Crippen LogP contribution in [-0.2, 0) is 6.54 Å². The lowest BCUT2D eigenvalue weighted by Crippen LogP contribution is -2.39. The molecule has 1 saturated heterocycles. The Labute approximate surface area is 185 Å². The van der Waals surface area contributed by atoms with E-state index in [-0.39, 0.29) is 11.7 Å². The Morgan fingerprint density at radius 3 is 2.59 bits per heavy atom. The summed E-state index contributed by atoms with van der Waals surface area (Å²) in [4.78, 5) is 26.4. The molecule has 0 aromatic carbocycles. The number of nitrogens with one attached hydrogen (secondary N) is 1. The van der Waals surface area contributed by atoms with Gasteiger partial charge >= 0.3 is 0 Å². The van der Waals surface area contributed by atoms with Crippen molar-refractivity contribution in [3.05, 3.63) is 72.1 Å². The van der Waals surface area contributed by atoms with E-state index in [9.17, 15) is 9.18 Å². The van der Waals surface area contributed by atoms with Gasteiger partial charge in [-0.1, -0.05) is 0 Å². The second-order valence-corrected chi connectivity index (χ2v) is 7.39. The van der Waals surface area contributed by atoms with Crippen molar-refractivity contribution in [2.24, 2.45) is 0 Å². The van der Waals surface area contributed by atoms with Crippen LogP contribution in [0.1, 0.15) is 28.8 Å². The van der Waals surface area contributed by atoms with E-state index in [4.69, 9.17) is 9.47 Å². The first-order valence-electron chi connectivity index (χ1n) is 10.4. The van der Waals surface area contributed by atoms with Gasteiger partial charge in [0.1, 0.15) is 17.7 Å². The third-order valence-electron chi connectivity index (χ3n) is 5.27. The second kappa shape index (κ2) is 10.0. The topological polar surface area (TPSA) is 89.5 Å². The van der Waals surface area contributed by atoms with Crippen molar-refractivity contribution < 1.29 is 18.7 Å². The van der Waals surface area contributed by atoms with E-state index < -0.39 is 11.9 Å². The maximum Gasteiger partial charge on any atom is 0.256 e. The molecule has 1 aliphatic rings. The van der Waals surface area contributed by atoms with E-state index in [0.29, 0.717) is 37.1 Å². The predicted molar refractivity (Wildman–Crippen MR) is 116 cm³/mol. The maximum absolute atomic E-state index is 14.6. The van der Waals surface area contributed by atoms with E-state index in [2.05, 4.69) is 20.3 Å². The minimum Gasteiger partial charge on any atom is -0.489 e. The van der Waals surface area contributed by atoms with E-state index >= 15 is 0 Å². The van der Waals surface area contributed by atoms with Gasteiger partial charge in [0.15, 0.2) is 0 Å². The highest BCUT2D eigenvalue weighted by Crippen LogP contribution is 2.23. The number of nitrogens with zero attached hydrogens (tertiary/aromatic N) is 4. The van der Waals surface area contributed by atoms with Crippen molar-refractivity contribution in [1.82, 2.24) is 20.3 Å². The van der Waals surface area contributed by atoms with Gasteiger partial charge in [0.25, 0.3) is 5.91 Å². The van der Waals surface area contributed by atoms with Crippen molar-refractivity contribution >= 4 is 11.7 Å². The molecule has 0 unspecified atom stereocenters. The molecule has 0 spiro atoms. The molecule has 166 valence electrons. The van der Waals surface area contributed by atoms with Crippen LogP contribution in [0.15, 0.2) is 55.0 Å². The van der Waals surface area contributed by atoms with Crippen LogP contribution < -0.4 is 19.7 Å². The fourth-order valence-electron chi connectivity index (χ4n) is 3.50. The molecule has 8 nitrogen and oxygen atoms in total. The summed E-state index contributed by atoms with van der Waals surface area (Å²) in [6.45, 7) is 1.64. The summed E-state index contributed by atoms with van der Waals surface area (Å²) in [5, 5.41) is 2.70. The minimum atomic E-state index is -0.780. The van der Waals surface area contributed by atoms with Crippen LogP contribution in [0.4, 0.5) is 10.2 Å². The lowest BCUT2D eigenvalue weighted by molar-refractivity contribution is 0.0946. The molecule has 3 aromatic rings. The highest BCUT2D eigenvalue weighted by Gasteiger charge is 2.23. The SMILES string of the molecule is COc1ccc(OC2CCN(c3ccc(C(=O)NCc4ccncc4)c(F)n3)CC2)cn1. The molecule has 0 bridgehead atoms. The number of carbonyl (C=O) groups excluding carboxylic acids is 1. The maximum atomic E-state index is 14.6. The summed E-state index contributed by atoms with van der Waals surface area (Å²) in [5.41, 5.74) is 0.807. The van der Waals surface area contributed by atoms with Crippen LogP contribution in [-0.4, -0.2) is 47.2 Å². The van der Waals surface area contributed by atoms with Crippen molar-refractivity contribution in [3.8, 4) is 11.6 Å². The second-order valence-electron chi connectivity index (χ2n) is 7.39. The standard InChI is InChI=1S/C23H24FN5O3/c1-31-21-5-2-18(15-26-21)32-17-8-12-29(13-9-17)20-4-3-19(22(24)28-20)23(30)27-14-16-6-10-25-11-7-16/h2-7,10-11,15,17H,8-9,12-14H2,1H3,(H,27,30).